The van der Waals surface area contributed by atoms with Crippen molar-refractivity contribution in [3.63, 3.8) is 0 Å². The van der Waals surface area contributed by atoms with E-state index in [2.05, 4.69) is 20.3 Å². The summed E-state index contributed by atoms with van der Waals surface area (Å²) in [4.78, 5) is 14.0. The van der Waals surface area contributed by atoms with Crippen molar-refractivity contribution in [1.29, 1.82) is 0 Å². The van der Waals surface area contributed by atoms with Gasteiger partial charge in [0.1, 0.15) is 17.0 Å². The minimum atomic E-state index is 0.463. The number of nitrogens with one attached hydrogen (secondary N) is 1. The number of nitrogens with two attached hydrogens (primary N) is 1. The topological polar surface area (TPSA) is 76.7 Å². The molecule has 4 rings (SSSR count). The number of nitrogen functional groups attached to an aromatic ring is 1. The van der Waals surface area contributed by atoms with Crippen LogP contribution in [0.15, 0.2) is 77.0 Å². The Kier molecular flexibility index (Phi) is 4.60. The van der Waals surface area contributed by atoms with Gasteiger partial charge in [-0.3, -0.25) is 4.98 Å². The Labute approximate surface area is 159 Å². The first kappa shape index (κ1) is 16.6. The minimum absolute atomic E-state index is 0.463. The van der Waals surface area contributed by atoms with E-state index in [9.17, 15) is 0 Å². The van der Waals surface area contributed by atoms with Gasteiger partial charge in [-0.15, -0.1) is 0 Å². The lowest BCUT2D eigenvalue weighted by Gasteiger charge is -2.12. The van der Waals surface area contributed by atoms with E-state index in [1.54, 1.807) is 12.3 Å². The van der Waals surface area contributed by atoms with Crippen molar-refractivity contribution in [2.24, 2.45) is 0 Å². The number of hydrogen-bond donors (Lipinski definition) is 2. The second-order valence-electron chi connectivity index (χ2n) is 5.48. The molecule has 4 aromatic rings. The largest absolute Gasteiger partial charge is 0.394 e. The van der Waals surface area contributed by atoms with Crippen molar-refractivity contribution in [2.45, 2.75) is 9.92 Å². The van der Waals surface area contributed by atoms with Crippen LogP contribution in [0.25, 0.3) is 10.9 Å². The molecule has 0 fully saturated rings. The van der Waals surface area contributed by atoms with Crippen molar-refractivity contribution >= 4 is 51.5 Å². The molecular weight excluding hydrogens is 366 g/mol. The standard InChI is InChI=1S/C19H14ClN5S/c20-13-7-1-2-8-14(13)25-18-16(21)19(24-11-23-18)26-15-9-3-5-12-6-4-10-22-17(12)15/h1-11H,21H2,(H,23,24,25). The lowest BCUT2D eigenvalue weighted by molar-refractivity contribution is 1.06. The average Bonchev–Trinajstić information content (AvgIpc) is 2.67. The summed E-state index contributed by atoms with van der Waals surface area (Å²) in [5.41, 5.74) is 8.42. The Morgan fingerprint density at radius 1 is 0.923 bits per heavy atom. The fourth-order valence-electron chi connectivity index (χ4n) is 2.51. The molecule has 0 aliphatic carbocycles. The number of hydrogen-bond acceptors (Lipinski definition) is 6. The predicted octanol–water partition coefficient (Wildman–Crippen LogP) is 5.16. The zero-order chi connectivity index (χ0) is 17.9. The Hall–Kier alpha value is -2.83. The van der Waals surface area contributed by atoms with Crippen LogP contribution in [0.4, 0.5) is 17.2 Å². The SMILES string of the molecule is Nc1c(Nc2ccccc2Cl)ncnc1Sc1cccc2cccnc12. The van der Waals surface area contributed by atoms with Crippen LogP contribution in [0, 0.1) is 0 Å². The molecule has 0 bridgehead atoms. The van der Waals surface area contributed by atoms with Gasteiger partial charge in [-0.25, -0.2) is 9.97 Å². The molecule has 0 unspecified atom stereocenters. The molecule has 2 aromatic carbocycles. The number of aromatic nitrogens is 3. The molecule has 0 spiro atoms. The molecule has 26 heavy (non-hydrogen) atoms. The second kappa shape index (κ2) is 7.19. The van der Waals surface area contributed by atoms with Crippen LogP contribution in [-0.2, 0) is 0 Å². The summed E-state index contributed by atoms with van der Waals surface area (Å²) in [6, 6.07) is 17.4. The molecule has 128 valence electrons. The van der Waals surface area contributed by atoms with Crippen LogP contribution in [0.2, 0.25) is 5.02 Å². The number of benzene rings is 2. The summed E-state index contributed by atoms with van der Waals surface area (Å²) >= 11 is 7.66. The van der Waals surface area contributed by atoms with Gasteiger partial charge < -0.3 is 11.1 Å². The van der Waals surface area contributed by atoms with E-state index in [0.29, 0.717) is 21.6 Å². The van der Waals surface area contributed by atoms with Crippen LogP contribution in [0.3, 0.4) is 0 Å². The first-order chi connectivity index (χ1) is 12.7. The highest BCUT2D eigenvalue weighted by atomic mass is 35.5. The van der Waals surface area contributed by atoms with E-state index < -0.39 is 0 Å². The van der Waals surface area contributed by atoms with Gasteiger partial charge in [0.25, 0.3) is 0 Å². The molecule has 5 nitrogen and oxygen atoms in total. The maximum atomic E-state index is 6.30. The van der Waals surface area contributed by atoms with Gasteiger partial charge in [-0.1, -0.05) is 53.7 Å². The smallest absolute Gasteiger partial charge is 0.158 e. The van der Waals surface area contributed by atoms with Crippen molar-refractivity contribution in [1.82, 2.24) is 15.0 Å². The zero-order valence-electron chi connectivity index (χ0n) is 13.6. The fraction of sp³-hybridized carbons (Fsp3) is 0. The summed E-state index contributed by atoms with van der Waals surface area (Å²) in [5, 5.41) is 5.49. The third-order valence-electron chi connectivity index (χ3n) is 3.78. The molecule has 2 aromatic heterocycles. The number of halogens is 1. The van der Waals surface area contributed by atoms with Gasteiger partial charge in [-0.05, 0) is 24.3 Å². The number of para-hydroxylation sites is 2. The highest BCUT2D eigenvalue weighted by Crippen LogP contribution is 2.37. The monoisotopic (exact) mass is 379 g/mol. The van der Waals surface area contributed by atoms with E-state index in [-0.39, 0.29) is 0 Å². The number of nitrogens with zero attached hydrogens (tertiary/aromatic N) is 3. The van der Waals surface area contributed by atoms with E-state index in [4.69, 9.17) is 17.3 Å². The zero-order valence-corrected chi connectivity index (χ0v) is 15.1. The summed E-state index contributed by atoms with van der Waals surface area (Å²) in [6.45, 7) is 0. The van der Waals surface area contributed by atoms with Crippen molar-refractivity contribution in [3.8, 4) is 0 Å². The number of fused-ring (bicyclic) bond motifs is 1. The highest BCUT2D eigenvalue weighted by molar-refractivity contribution is 7.99. The van der Waals surface area contributed by atoms with Crippen LogP contribution < -0.4 is 11.1 Å². The molecule has 0 aliphatic rings. The van der Waals surface area contributed by atoms with E-state index >= 15 is 0 Å². The van der Waals surface area contributed by atoms with E-state index in [1.807, 2.05) is 48.5 Å². The molecule has 0 aliphatic heterocycles. The molecule has 3 N–H and O–H groups in total. The van der Waals surface area contributed by atoms with Crippen LogP contribution in [0.1, 0.15) is 0 Å². The Morgan fingerprint density at radius 3 is 2.65 bits per heavy atom. The molecule has 0 atom stereocenters. The molecule has 0 radical (unpaired) electrons. The molecule has 0 saturated heterocycles. The van der Waals surface area contributed by atoms with E-state index in [1.165, 1.54) is 18.1 Å². The first-order valence-electron chi connectivity index (χ1n) is 7.86. The summed E-state index contributed by atoms with van der Waals surface area (Å²) in [7, 11) is 0. The molecular formula is C19H14ClN5S. The van der Waals surface area contributed by atoms with Crippen LogP contribution in [-0.4, -0.2) is 15.0 Å². The maximum Gasteiger partial charge on any atom is 0.158 e. The maximum absolute atomic E-state index is 6.30. The van der Waals surface area contributed by atoms with Crippen LogP contribution >= 0.6 is 23.4 Å². The van der Waals surface area contributed by atoms with E-state index in [0.717, 1.165) is 21.5 Å². The molecule has 0 saturated carbocycles. The van der Waals surface area contributed by atoms with Crippen molar-refractivity contribution in [3.05, 3.63) is 72.1 Å². The normalized spacial score (nSPS) is 10.8. The molecule has 0 amide bonds. The fourth-order valence-corrected chi connectivity index (χ4v) is 3.62. The van der Waals surface area contributed by atoms with Gasteiger partial charge in [0.15, 0.2) is 5.82 Å². The molecule has 2 heterocycles. The van der Waals surface area contributed by atoms with Gasteiger partial charge in [0.05, 0.1) is 16.2 Å². The summed E-state index contributed by atoms with van der Waals surface area (Å²) < 4.78 is 0. The quantitative estimate of drug-likeness (QED) is 0.477. The van der Waals surface area contributed by atoms with Crippen molar-refractivity contribution in [2.75, 3.05) is 11.1 Å². The number of anilines is 3. The average molecular weight is 380 g/mol. The highest BCUT2D eigenvalue weighted by Gasteiger charge is 2.13. The Bertz CT molecular complexity index is 1080. The third kappa shape index (κ3) is 3.29. The number of pyridine rings is 1. The first-order valence-corrected chi connectivity index (χ1v) is 9.05. The summed E-state index contributed by atoms with van der Waals surface area (Å²) in [6.07, 6.45) is 3.26. The van der Waals surface area contributed by atoms with Gasteiger partial charge in [0.2, 0.25) is 0 Å². The number of rotatable bonds is 4. The molecule has 7 heteroatoms. The summed E-state index contributed by atoms with van der Waals surface area (Å²) in [5.74, 6) is 0.517. The van der Waals surface area contributed by atoms with Gasteiger partial charge in [0, 0.05) is 16.5 Å². The van der Waals surface area contributed by atoms with Gasteiger partial charge >= 0.3 is 0 Å². The van der Waals surface area contributed by atoms with Crippen LogP contribution in [0.5, 0.6) is 0 Å². The third-order valence-corrected chi connectivity index (χ3v) is 5.17. The van der Waals surface area contributed by atoms with Gasteiger partial charge in [-0.2, -0.15) is 0 Å². The lowest BCUT2D eigenvalue weighted by atomic mass is 10.2. The Balaban J connectivity index is 1.69. The Morgan fingerprint density at radius 2 is 1.77 bits per heavy atom. The minimum Gasteiger partial charge on any atom is -0.394 e. The second-order valence-corrected chi connectivity index (χ2v) is 6.92. The predicted molar refractivity (Wildman–Crippen MR) is 107 cm³/mol. The lowest BCUT2D eigenvalue weighted by Crippen LogP contribution is -2.02. The van der Waals surface area contributed by atoms with Crippen molar-refractivity contribution < 1.29 is 0 Å².